The fourth-order valence-corrected chi connectivity index (χ4v) is 2.37. The summed E-state index contributed by atoms with van der Waals surface area (Å²) in [6.07, 6.45) is 1.94. The van der Waals surface area contributed by atoms with E-state index in [0.717, 1.165) is 28.2 Å². The molecular formula is C15H14ClN3. The van der Waals surface area contributed by atoms with Crippen molar-refractivity contribution in [2.45, 2.75) is 13.5 Å². The maximum atomic E-state index is 6.00. The SMILES string of the molecule is Cc1c(-c2ccc(CN)cc2)nc2cc(Cl)ccn12. The molecule has 2 N–H and O–H groups in total. The zero-order valence-electron chi connectivity index (χ0n) is 10.6. The normalized spacial score (nSPS) is 11.1. The van der Waals surface area contributed by atoms with Crippen molar-refractivity contribution in [2.75, 3.05) is 0 Å². The third kappa shape index (κ3) is 2.11. The number of halogens is 1. The van der Waals surface area contributed by atoms with Gasteiger partial charge in [0, 0.05) is 35.1 Å². The number of fused-ring (bicyclic) bond motifs is 1. The van der Waals surface area contributed by atoms with E-state index in [1.165, 1.54) is 0 Å². The van der Waals surface area contributed by atoms with Gasteiger partial charge in [-0.3, -0.25) is 0 Å². The summed E-state index contributed by atoms with van der Waals surface area (Å²) in [6.45, 7) is 2.61. The first-order chi connectivity index (χ1) is 9.19. The number of rotatable bonds is 2. The average Bonchev–Trinajstić information content (AvgIpc) is 2.75. The highest BCUT2D eigenvalue weighted by Crippen LogP contribution is 2.25. The van der Waals surface area contributed by atoms with Crippen LogP contribution in [0.5, 0.6) is 0 Å². The van der Waals surface area contributed by atoms with Gasteiger partial charge in [-0.15, -0.1) is 0 Å². The fourth-order valence-electron chi connectivity index (χ4n) is 2.21. The summed E-state index contributed by atoms with van der Waals surface area (Å²) < 4.78 is 2.04. The first-order valence-electron chi connectivity index (χ1n) is 6.12. The van der Waals surface area contributed by atoms with E-state index in [-0.39, 0.29) is 0 Å². The molecule has 0 bridgehead atoms. The summed E-state index contributed by atoms with van der Waals surface area (Å²) in [6, 6.07) is 11.9. The molecule has 0 saturated heterocycles. The molecule has 0 spiro atoms. The lowest BCUT2D eigenvalue weighted by Gasteiger charge is -2.01. The van der Waals surface area contributed by atoms with E-state index < -0.39 is 0 Å². The van der Waals surface area contributed by atoms with Crippen LogP contribution in [0.3, 0.4) is 0 Å². The van der Waals surface area contributed by atoms with Crippen LogP contribution in [0.15, 0.2) is 42.6 Å². The zero-order chi connectivity index (χ0) is 13.4. The van der Waals surface area contributed by atoms with E-state index in [1.807, 2.05) is 34.9 Å². The van der Waals surface area contributed by atoms with Gasteiger partial charge >= 0.3 is 0 Å². The second-order valence-corrected chi connectivity index (χ2v) is 4.96. The lowest BCUT2D eigenvalue weighted by Crippen LogP contribution is -1.95. The van der Waals surface area contributed by atoms with E-state index in [1.54, 1.807) is 0 Å². The predicted molar refractivity (Wildman–Crippen MR) is 78.3 cm³/mol. The molecule has 3 nitrogen and oxygen atoms in total. The van der Waals surface area contributed by atoms with Crippen LogP contribution in [0.4, 0.5) is 0 Å². The zero-order valence-corrected chi connectivity index (χ0v) is 11.4. The molecule has 0 aliphatic carbocycles. The number of hydrogen-bond acceptors (Lipinski definition) is 2. The molecule has 0 aliphatic rings. The Bertz CT molecular complexity index is 729. The van der Waals surface area contributed by atoms with Crippen molar-refractivity contribution in [2.24, 2.45) is 5.73 Å². The van der Waals surface area contributed by atoms with Gasteiger partial charge in [-0.05, 0) is 18.6 Å². The van der Waals surface area contributed by atoms with Gasteiger partial charge in [0.05, 0.1) is 5.69 Å². The summed E-state index contributed by atoms with van der Waals surface area (Å²) >= 11 is 6.00. The lowest BCUT2D eigenvalue weighted by atomic mass is 10.1. The molecule has 0 saturated carbocycles. The van der Waals surface area contributed by atoms with Crippen LogP contribution in [0, 0.1) is 6.92 Å². The van der Waals surface area contributed by atoms with Crippen LogP contribution in [0.2, 0.25) is 5.02 Å². The molecule has 0 radical (unpaired) electrons. The van der Waals surface area contributed by atoms with Crippen molar-refractivity contribution in [3.63, 3.8) is 0 Å². The molecule has 2 aromatic heterocycles. The number of hydrogen-bond donors (Lipinski definition) is 1. The Hall–Kier alpha value is -1.84. The van der Waals surface area contributed by atoms with Crippen molar-refractivity contribution in [1.82, 2.24) is 9.38 Å². The third-order valence-electron chi connectivity index (χ3n) is 3.29. The minimum Gasteiger partial charge on any atom is -0.326 e. The summed E-state index contributed by atoms with van der Waals surface area (Å²) in [5, 5.41) is 0.697. The number of aryl methyl sites for hydroxylation is 1. The maximum absolute atomic E-state index is 6.00. The first kappa shape index (κ1) is 12.2. The fraction of sp³-hybridized carbons (Fsp3) is 0.133. The first-order valence-corrected chi connectivity index (χ1v) is 6.50. The van der Waals surface area contributed by atoms with E-state index in [0.29, 0.717) is 11.6 Å². The van der Waals surface area contributed by atoms with Gasteiger partial charge in [0.1, 0.15) is 5.65 Å². The number of nitrogens with zero attached hydrogens (tertiary/aromatic N) is 2. The van der Waals surface area contributed by atoms with Crippen LogP contribution in [-0.4, -0.2) is 9.38 Å². The molecule has 0 fully saturated rings. The van der Waals surface area contributed by atoms with Gasteiger partial charge < -0.3 is 10.1 Å². The van der Waals surface area contributed by atoms with Crippen molar-refractivity contribution < 1.29 is 0 Å². The van der Waals surface area contributed by atoms with Crippen molar-refractivity contribution in [3.05, 3.63) is 58.9 Å². The van der Waals surface area contributed by atoms with Gasteiger partial charge in [0.25, 0.3) is 0 Å². The summed E-state index contributed by atoms with van der Waals surface area (Å²) in [5.41, 5.74) is 10.8. The van der Waals surface area contributed by atoms with Crippen LogP contribution in [-0.2, 0) is 6.54 Å². The van der Waals surface area contributed by atoms with Gasteiger partial charge in [-0.25, -0.2) is 4.98 Å². The third-order valence-corrected chi connectivity index (χ3v) is 3.53. The molecule has 2 heterocycles. The average molecular weight is 272 g/mol. The smallest absolute Gasteiger partial charge is 0.139 e. The molecule has 96 valence electrons. The number of nitrogens with two attached hydrogens (primary N) is 1. The van der Waals surface area contributed by atoms with Crippen LogP contribution in [0.1, 0.15) is 11.3 Å². The molecule has 0 unspecified atom stereocenters. The van der Waals surface area contributed by atoms with Crippen molar-refractivity contribution >= 4 is 17.2 Å². The second kappa shape index (κ2) is 4.68. The van der Waals surface area contributed by atoms with Gasteiger partial charge in [-0.1, -0.05) is 35.9 Å². The molecule has 3 rings (SSSR count). The van der Waals surface area contributed by atoms with E-state index in [9.17, 15) is 0 Å². The highest BCUT2D eigenvalue weighted by atomic mass is 35.5. The Labute approximate surface area is 116 Å². The summed E-state index contributed by atoms with van der Waals surface area (Å²) in [7, 11) is 0. The molecule has 3 aromatic rings. The van der Waals surface area contributed by atoms with E-state index in [4.69, 9.17) is 17.3 Å². The highest BCUT2D eigenvalue weighted by molar-refractivity contribution is 6.30. The molecule has 0 amide bonds. The Kier molecular flexibility index (Phi) is 3.01. The monoisotopic (exact) mass is 271 g/mol. The van der Waals surface area contributed by atoms with Crippen LogP contribution >= 0.6 is 11.6 Å². The van der Waals surface area contributed by atoms with Gasteiger partial charge in [0.2, 0.25) is 0 Å². The Morgan fingerprint density at radius 1 is 1.21 bits per heavy atom. The highest BCUT2D eigenvalue weighted by Gasteiger charge is 2.10. The van der Waals surface area contributed by atoms with Crippen molar-refractivity contribution in [1.29, 1.82) is 0 Å². The van der Waals surface area contributed by atoms with Gasteiger partial charge in [0.15, 0.2) is 0 Å². The van der Waals surface area contributed by atoms with Crippen LogP contribution in [0.25, 0.3) is 16.9 Å². The van der Waals surface area contributed by atoms with Gasteiger partial charge in [-0.2, -0.15) is 0 Å². The predicted octanol–water partition coefficient (Wildman–Crippen LogP) is 3.42. The topological polar surface area (TPSA) is 43.3 Å². The minimum absolute atomic E-state index is 0.556. The summed E-state index contributed by atoms with van der Waals surface area (Å²) in [5.74, 6) is 0. The Morgan fingerprint density at radius 3 is 2.63 bits per heavy atom. The maximum Gasteiger partial charge on any atom is 0.139 e. The summed E-state index contributed by atoms with van der Waals surface area (Å²) in [4.78, 5) is 4.65. The second-order valence-electron chi connectivity index (χ2n) is 4.52. The minimum atomic E-state index is 0.556. The number of imidazole rings is 1. The standard InChI is InChI=1S/C15H14ClN3/c1-10-15(12-4-2-11(9-17)3-5-12)18-14-8-13(16)6-7-19(10)14/h2-8H,9,17H2,1H3. The molecular weight excluding hydrogens is 258 g/mol. The Balaban J connectivity index is 2.15. The lowest BCUT2D eigenvalue weighted by molar-refractivity contribution is 1.07. The molecule has 4 heteroatoms. The largest absolute Gasteiger partial charge is 0.326 e. The number of aromatic nitrogens is 2. The molecule has 0 atom stereocenters. The molecule has 0 aliphatic heterocycles. The molecule has 19 heavy (non-hydrogen) atoms. The quantitative estimate of drug-likeness (QED) is 0.776. The number of benzene rings is 1. The Morgan fingerprint density at radius 2 is 1.95 bits per heavy atom. The van der Waals surface area contributed by atoms with Crippen LogP contribution < -0.4 is 5.73 Å². The van der Waals surface area contributed by atoms with E-state index in [2.05, 4.69) is 24.0 Å². The molecule has 1 aromatic carbocycles. The van der Waals surface area contributed by atoms with Crippen molar-refractivity contribution in [3.8, 4) is 11.3 Å². The van der Waals surface area contributed by atoms with E-state index >= 15 is 0 Å². The number of pyridine rings is 1.